The van der Waals surface area contributed by atoms with E-state index in [1.807, 2.05) is 12.2 Å². The number of carbonyl (C=O) groups excluding carboxylic acids is 2. The van der Waals surface area contributed by atoms with E-state index in [1.54, 1.807) is 0 Å². The Kier molecular flexibility index (Phi) is 16.7. The van der Waals surface area contributed by atoms with Crippen LogP contribution in [0.1, 0.15) is 111 Å². The van der Waals surface area contributed by atoms with Crippen molar-refractivity contribution < 1.29 is 24.2 Å². The first kappa shape index (κ1) is 29.4. The van der Waals surface area contributed by atoms with Crippen LogP contribution in [0.2, 0.25) is 0 Å². The van der Waals surface area contributed by atoms with Gasteiger partial charge in [0.2, 0.25) is 0 Å². The monoisotopic (exact) mass is 464 g/mol. The van der Waals surface area contributed by atoms with Crippen LogP contribution < -0.4 is 0 Å². The second kappa shape index (κ2) is 18.8. The van der Waals surface area contributed by atoms with Gasteiger partial charge in [0.05, 0.1) is 0 Å². The molecule has 0 aliphatic heterocycles. The van der Waals surface area contributed by atoms with Crippen LogP contribution in [-0.2, 0) is 19.1 Å². The SMILES string of the molecule is CCCCCCCCC(C=CC=C[C@H]1CCCC[C@H]1C(CCCCO)OC(C)=O)OC(C)=O. The Labute approximate surface area is 202 Å². The third-order valence-corrected chi connectivity index (χ3v) is 6.52. The van der Waals surface area contributed by atoms with Gasteiger partial charge in [0, 0.05) is 26.4 Å². The highest BCUT2D eigenvalue weighted by Gasteiger charge is 2.32. The van der Waals surface area contributed by atoms with Crippen LogP contribution in [0.3, 0.4) is 0 Å². The van der Waals surface area contributed by atoms with Crippen LogP contribution in [0, 0.1) is 11.8 Å². The third-order valence-electron chi connectivity index (χ3n) is 6.52. The van der Waals surface area contributed by atoms with Crippen molar-refractivity contribution in [2.45, 2.75) is 123 Å². The fourth-order valence-corrected chi connectivity index (χ4v) is 4.85. The number of ether oxygens (including phenoxy) is 2. The molecule has 0 aromatic heterocycles. The topological polar surface area (TPSA) is 72.8 Å². The van der Waals surface area contributed by atoms with E-state index in [-0.39, 0.29) is 30.8 Å². The lowest BCUT2D eigenvalue weighted by atomic mass is 9.75. The van der Waals surface area contributed by atoms with Crippen molar-refractivity contribution in [3.05, 3.63) is 24.3 Å². The molecule has 0 heterocycles. The lowest BCUT2D eigenvalue weighted by Crippen LogP contribution is -2.33. The number of aliphatic hydroxyl groups excluding tert-OH is 1. The minimum Gasteiger partial charge on any atom is -0.462 e. The lowest BCUT2D eigenvalue weighted by molar-refractivity contribution is -0.151. The molecule has 33 heavy (non-hydrogen) atoms. The van der Waals surface area contributed by atoms with Gasteiger partial charge in [0.1, 0.15) is 12.2 Å². The summed E-state index contributed by atoms with van der Waals surface area (Å²) in [6.07, 6.45) is 23.1. The zero-order chi connectivity index (χ0) is 24.3. The van der Waals surface area contributed by atoms with Gasteiger partial charge in [-0.1, -0.05) is 70.1 Å². The zero-order valence-electron chi connectivity index (χ0n) is 21.3. The average molecular weight is 465 g/mol. The first-order valence-corrected chi connectivity index (χ1v) is 13.3. The molecule has 0 aromatic rings. The van der Waals surface area contributed by atoms with Gasteiger partial charge in [-0.05, 0) is 56.9 Å². The van der Waals surface area contributed by atoms with Crippen molar-refractivity contribution in [2.24, 2.45) is 11.8 Å². The predicted molar refractivity (Wildman–Crippen MR) is 134 cm³/mol. The standard InChI is InChI=1S/C28H48O5/c1-4-5-6-7-8-9-18-26(32-23(2)30)19-12-10-16-25-17-11-13-20-27(25)28(33-24(3)31)21-14-15-22-29/h10,12,16,19,25-29H,4-9,11,13-15,17-18,20-22H2,1-3H3/t25-,26?,27+,28?/m0/s1. The van der Waals surface area contributed by atoms with Crippen molar-refractivity contribution in [1.82, 2.24) is 0 Å². The molecule has 0 radical (unpaired) electrons. The van der Waals surface area contributed by atoms with Gasteiger partial charge in [-0.2, -0.15) is 0 Å². The molecule has 5 heteroatoms. The number of rotatable bonds is 17. The largest absolute Gasteiger partial charge is 0.462 e. The maximum atomic E-state index is 11.7. The molecule has 1 N–H and O–H groups in total. The Bertz CT molecular complexity index is 583. The number of hydrogen-bond acceptors (Lipinski definition) is 5. The van der Waals surface area contributed by atoms with Crippen LogP contribution in [-0.4, -0.2) is 35.9 Å². The van der Waals surface area contributed by atoms with Gasteiger partial charge >= 0.3 is 11.9 Å². The molecule has 1 aliphatic carbocycles. The molecule has 1 rings (SSSR count). The molecule has 0 amide bonds. The van der Waals surface area contributed by atoms with Crippen molar-refractivity contribution in [3.63, 3.8) is 0 Å². The summed E-state index contributed by atoms with van der Waals surface area (Å²) in [5, 5.41) is 9.11. The van der Waals surface area contributed by atoms with Crippen LogP contribution in [0.15, 0.2) is 24.3 Å². The molecule has 5 nitrogen and oxygen atoms in total. The molecule has 1 fully saturated rings. The molecule has 1 aliphatic rings. The average Bonchev–Trinajstić information content (AvgIpc) is 2.78. The number of unbranched alkanes of at least 4 members (excludes halogenated alkanes) is 6. The van der Waals surface area contributed by atoms with E-state index in [0.29, 0.717) is 11.8 Å². The predicted octanol–water partition coefficient (Wildman–Crippen LogP) is 6.68. The minimum absolute atomic E-state index is 0.0884. The number of aliphatic hydroxyl groups is 1. The van der Waals surface area contributed by atoms with Crippen molar-refractivity contribution >= 4 is 11.9 Å². The minimum atomic E-state index is -0.237. The second-order valence-corrected chi connectivity index (χ2v) is 9.45. The summed E-state index contributed by atoms with van der Waals surface area (Å²) in [5.41, 5.74) is 0. The summed E-state index contributed by atoms with van der Waals surface area (Å²) in [6, 6.07) is 0. The molecule has 190 valence electrons. The van der Waals surface area contributed by atoms with Crippen LogP contribution in [0.4, 0.5) is 0 Å². The Hall–Kier alpha value is -1.62. The first-order valence-electron chi connectivity index (χ1n) is 13.3. The van der Waals surface area contributed by atoms with Gasteiger partial charge in [-0.3, -0.25) is 9.59 Å². The summed E-state index contributed by atoms with van der Waals surface area (Å²) in [6.45, 7) is 5.34. The summed E-state index contributed by atoms with van der Waals surface area (Å²) >= 11 is 0. The van der Waals surface area contributed by atoms with E-state index in [4.69, 9.17) is 14.6 Å². The molecule has 0 aromatic carbocycles. The Morgan fingerprint density at radius 2 is 1.55 bits per heavy atom. The highest BCUT2D eigenvalue weighted by atomic mass is 16.5. The van der Waals surface area contributed by atoms with Gasteiger partial charge in [-0.15, -0.1) is 0 Å². The first-order chi connectivity index (χ1) is 16.0. The Balaban J connectivity index is 2.66. The maximum Gasteiger partial charge on any atom is 0.303 e. The smallest absolute Gasteiger partial charge is 0.303 e. The quantitative estimate of drug-likeness (QED) is 0.148. The third kappa shape index (κ3) is 14.3. The van der Waals surface area contributed by atoms with Gasteiger partial charge < -0.3 is 14.6 Å². The summed E-state index contributed by atoms with van der Waals surface area (Å²) in [5.74, 6) is 0.223. The lowest BCUT2D eigenvalue weighted by Gasteiger charge is -2.35. The molecule has 0 spiro atoms. The van der Waals surface area contributed by atoms with Crippen molar-refractivity contribution in [1.29, 1.82) is 0 Å². The number of esters is 2. The number of hydrogen-bond donors (Lipinski definition) is 1. The number of allylic oxidation sites excluding steroid dienone is 3. The molecule has 1 saturated carbocycles. The molecular weight excluding hydrogens is 416 g/mol. The molecule has 4 atom stereocenters. The van der Waals surface area contributed by atoms with Crippen LogP contribution in [0.25, 0.3) is 0 Å². The fraction of sp³-hybridized carbons (Fsp3) is 0.786. The Morgan fingerprint density at radius 3 is 2.24 bits per heavy atom. The maximum absolute atomic E-state index is 11.7. The summed E-state index contributed by atoms with van der Waals surface area (Å²) in [4.78, 5) is 23.2. The number of carbonyl (C=O) groups is 2. The van der Waals surface area contributed by atoms with E-state index < -0.39 is 0 Å². The highest BCUT2D eigenvalue weighted by molar-refractivity contribution is 5.66. The Morgan fingerprint density at radius 1 is 0.879 bits per heavy atom. The van der Waals surface area contributed by atoms with Crippen LogP contribution in [0.5, 0.6) is 0 Å². The van der Waals surface area contributed by atoms with Gasteiger partial charge in [0.15, 0.2) is 0 Å². The fourth-order valence-electron chi connectivity index (χ4n) is 4.85. The van der Waals surface area contributed by atoms with E-state index >= 15 is 0 Å². The van der Waals surface area contributed by atoms with Gasteiger partial charge in [-0.25, -0.2) is 0 Å². The molecule has 2 unspecified atom stereocenters. The van der Waals surface area contributed by atoms with E-state index in [0.717, 1.165) is 51.4 Å². The molecular formula is C28H48O5. The van der Waals surface area contributed by atoms with Crippen LogP contribution >= 0.6 is 0 Å². The molecule has 0 saturated heterocycles. The van der Waals surface area contributed by atoms with Crippen molar-refractivity contribution in [3.8, 4) is 0 Å². The zero-order valence-corrected chi connectivity index (χ0v) is 21.3. The second-order valence-electron chi connectivity index (χ2n) is 9.45. The summed E-state index contributed by atoms with van der Waals surface area (Å²) < 4.78 is 11.2. The highest BCUT2D eigenvalue weighted by Crippen LogP contribution is 2.36. The van der Waals surface area contributed by atoms with E-state index in [2.05, 4.69) is 19.1 Å². The van der Waals surface area contributed by atoms with E-state index in [9.17, 15) is 9.59 Å². The van der Waals surface area contributed by atoms with Crippen molar-refractivity contribution in [2.75, 3.05) is 6.61 Å². The molecule has 0 bridgehead atoms. The summed E-state index contributed by atoms with van der Waals surface area (Å²) in [7, 11) is 0. The van der Waals surface area contributed by atoms with Gasteiger partial charge in [0.25, 0.3) is 0 Å². The normalized spacial score (nSPS) is 20.7. The van der Waals surface area contributed by atoms with E-state index in [1.165, 1.54) is 52.4 Å².